The Hall–Kier alpha value is -2.65. The number of pyridine rings is 2. The van der Waals surface area contributed by atoms with E-state index in [0.29, 0.717) is 15.6 Å². The van der Waals surface area contributed by atoms with Crippen molar-refractivity contribution in [1.82, 2.24) is 20.6 Å². The van der Waals surface area contributed by atoms with Gasteiger partial charge >= 0.3 is 0 Å². The van der Waals surface area contributed by atoms with Crippen LogP contribution in [0.1, 0.15) is 11.3 Å². The molecule has 0 saturated carbocycles. The summed E-state index contributed by atoms with van der Waals surface area (Å²) in [4.78, 5) is 35.3. The monoisotopic (exact) mass is 501 g/mol. The Labute approximate surface area is 206 Å². The van der Waals surface area contributed by atoms with Crippen LogP contribution >= 0.6 is 35.8 Å². The fourth-order valence-corrected chi connectivity index (χ4v) is 4.97. The predicted octanol–water partition coefficient (Wildman–Crippen LogP) is 4.41. The van der Waals surface area contributed by atoms with Gasteiger partial charge in [-0.05, 0) is 60.2 Å². The topological polar surface area (TPSA) is 87.2 Å². The number of aryl methyl sites for hydroxylation is 1. The molecule has 2 N–H and O–H groups in total. The van der Waals surface area contributed by atoms with E-state index in [1.54, 1.807) is 12.3 Å². The number of halogens is 2. The molecule has 0 radical (unpaired) electrons. The molecule has 5 rings (SSSR count). The van der Waals surface area contributed by atoms with Crippen LogP contribution in [0.25, 0.3) is 28.2 Å². The third-order valence-corrected chi connectivity index (χ3v) is 6.65. The first kappa shape index (κ1) is 23.5. The first-order valence-corrected chi connectivity index (χ1v) is 11.5. The normalized spacial score (nSPS) is 17.4. The molecule has 2 aromatic heterocycles. The highest BCUT2D eigenvalue weighted by molar-refractivity contribution is 8.18. The van der Waals surface area contributed by atoms with Gasteiger partial charge in [-0.1, -0.05) is 17.7 Å². The average molecular weight is 502 g/mol. The van der Waals surface area contributed by atoms with Crippen molar-refractivity contribution in [3.63, 3.8) is 0 Å². The van der Waals surface area contributed by atoms with Crippen molar-refractivity contribution < 1.29 is 9.59 Å². The van der Waals surface area contributed by atoms with Crippen LogP contribution in [-0.4, -0.2) is 47.3 Å². The number of piperazine rings is 1. The Kier molecular flexibility index (Phi) is 6.90. The molecule has 2 fully saturated rings. The summed E-state index contributed by atoms with van der Waals surface area (Å²) in [7, 11) is 0. The number of hydrogen-bond donors (Lipinski definition) is 2. The summed E-state index contributed by atoms with van der Waals surface area (Å²) >= 11 is 7.56. The minimum absolute atomic E-state index is 0. The number of carbonyl (C=O) groups is 2. The van der Waals surface area contributed by atoms with Crippen LogP contribution in [0.4, 0.5) is 10.5 Å². The number of carbonyl (C=O) groups excluding carboxylic acids is 2. The lowest BCUT2D eigenvalue weighted by atomic mass is 10.0. The van der Waals surface area contributed by atoms with E-state index < -0.39 is 5.91 Å². The third kappa shape index (κ3) is 4.70. The molecule has 170 valence electrons. The summed E-state index contributed by atoms with van der Waals surface area (Å²) in [5, 5.41) is 5.94. The second-order valence-electron chi connectivity index (χ2n) is 7.68. The van der Waals surface area contributed by atoms with Gasteiger partial charge in [-0.25, -0.2) is 4.98 Å². The lowest BCUT2D eigenvalue weighted by molar-refractivity contribution is -0.115. The van der Waals surface area contributed by atoms with Crippen molar-refractivity contribution in [2.24, 2.45) is 0 Å². The molecule has 0 aliphatic carbocycles. The predicted molar refractivity (Wildman–Crippen MR) is 136 cm³/mol. The molecule has 0 spiro atoms. The zero-order chi connectivity index (χ0) is 22.2. The first-order valence-electron chi connectivity index (χ1n) is 10.3. The van der Waals surface area contributed by atoms with Gasteiger partial charge in [0.2, 0.25) is 0 Å². The molecule has 1 aromatic carbocycles. The zero-order valence-electron chi connectivity index (χ0n) is 17.7. The molecule has 4 heterocycles. The number of aromatic nitrogens is 2. The van der Waals surface area contributed by atoms with Crippen LogP contribution < -0.4 is 15.5 Å². The number of imide groups is 1. The molecule has 10 heteroatoms. The zero-order valence-corrected chi connectivity index (χ0v) is 20.1. The summed E-state index contributed by atoms with van der Waals surface area (Å²) in [6, 6.07) is 9.86. The van der Waals surface area contributed by atoms with E-state index in [4.69, 9.17) is 16.6 Å². The smallest absolute Gasteiger partial charge is 0.290 e. The number of rotatable bonds is 3. The highest BCUT2D eigenvalue weighted by Gasteiger charge is 2.25. The molecule has 2 amide bonds. The van der Waals surface area contributed by atoms with Crippen LogP contribution in [-0.2, 0) is 4.79 Å². The molecular weight excluding hydrogens is 481 g/mol. The van der Waals surface area contributed by atoms with Gasteiger partial charge in [0.25, 0.3) is 11.1 Å². The van der Waals surface area contributed by atoms with Gasteiger partial charge in [-0.3, -0.25) is 19.9 Å². The summed E-state index contributed by atoms with van der Waals surface area (Å²) in [5.74, 6) is -0.402. The van der Waals surface area contributed by atoms with E-state index in [-0.39, 0.29) is 17.6 Å². The quantitative estimate of drug-likeness (QED) is 0.513. The number of fused-ring (bicyclic) bond motifs is 1. The Balaban J connectivity index is 0.00000259. The largest absolute Gasteiger partial charge is 0.368 e. The molecular formula is C23H21Cl2N5O2S. The van der Waals surface area contributed by atoms with Gasteiger partial charge in [0.1, 0.15) is 0 Å². The van der Waals surface area contributed by atoms with Crippen molar-refractivity contribution in [2.75, 3.05) is 31.1 Å². The molecule has 2 aliphatic heterocycles. The number of amides is 2. The summed E-state index contributed by atoms with van der Waals surface area (Å²) in [5.41, 5.74) is 5.92. The lowest BCUT2D eigenvalue weighted by Gasteiger charge is -2.30. The van der Waals surface area contributed by atoms with Crippen molar-refractivity contribution in [3.8, 4) is 11.1 Å². The standard InChI is InChI=1S/C23H20ClN5O2S.ClH/c1-13-10-15(12-19-22(30)28-23(31)32-19)27-21-16(4-5-26-20(13)21)14-2-3-18(17(24)11-14)29-8-6-25-7-9-29;/h2-5,10-12,25H,6-9H2,1H3,(H,28,30,31);1H. The highest BCUT2D eigenvalue weighted by atomic mass is 35.5. The van der Waals surface area contributed by atoms with Crippen LogP contribution in [0.3, 0.4) is 0 Å². The van der Waals surface area contributed by atoms with Crippen molar-refractivity contribution >= 4 is 69.7 Å². The van der Waals surface area contributed by atoms with Gasteiger partial charge < -0.3 is 10.2 Å². The second-order valence-corrected chi connectivity index (χ2v) is 9.10. The SMILES string of the molecule is Cc1cc(C=C2SC(=O)NC2=O)nc2c(-c3ccc(N4CCNCC4)c(Cl)c3)ccnc12.Cl. The molecule has 2 aliphatic rings. The number of hydrogen-bond acceptors (Lipinski definition) is 7. The van der Waals surface area contributed by atoms with Gasteiger partial charge in [0.15, 0.2) is 0 Å². The van der Waals surface area contributed by atoms with Crippen LogP contribution in [0, 0.1) is 6.92 Å². The van der Waals surface area contributed by atoms with E-state index in [2.05, 4.69) is 32.7 Å². The second kappa shape index (κ2) is 9.69. The number of thioether (sulfide) groups is 1. The minimum Gasteiger partial charge on any atom is -0.368 e. The van der Waals surface area contributed by atoms with E-state index in [0.717, 1.165) is 71.4 Å². The van der Waals surface area contributed by atoms with Crippen LogP contribution in [0.5, 0.6) is 0 Å². The van der Waals surface area contributed by atoms with E-state index in [1.165, 1.54) is 0 Å². The van der Waals surface area contributed by atoms with E-state index in [9.17, 15) is 9.59 Å². The number of benzene rings is 1. The van der Waals surface area contributed by atoms with Gasteiger partial charge in [0, 0.05) is 37.9 Å². The molecule has 0 atom stereocenters. The molecule has 0 bridgehead atoms. The fraction of sp³-hybridized carbons (Fsp3) is 0.217. The van der Waals surface area contributed by atoms with Gasteiger partial charge in [-0.2, -0.15) is 0 Å². The number of nitrogens with zero attached hydrogens (tertiary/aromatic N) is 3. The maximum atomic E-state index is 11.9. The summed E-state index contributed by atoms with van der Waals surface area (Å²) in [6.07, 6.45) is 3.40. The van der Waals surface area contributed by atoms with Crippen LogP contribution in [0.15, 0.2) is 41.4 Å². The van der Waals surface area contributed by atoms with Gasteiger partial charge in [0.05, 0.1) is 32.3 Å². The molecule has 3 aromatic rings. The lowest BCUT2D eigenvalue weighted by Crippen LogP contribution is -2.43. The number of anilines is 1. The fourth-order valence-electron chi connectivity index (χ4n) is 4.01. The first-order chi connectivity index (χ1) is 15.5. The number of nitrogens with one attached hydrogen (secondary N) is 2. The van der Waals surface area contributed by atoms with Crippen LogP contribution in [0.2, 0.25) is 5.02 Å². The maximum Gasteiger partial charge on any atom is 0.290 e. The van der Waals surface area contributed by atoms with Crippen molar-refractivity contribution in [1.29, 1.82) is 0 Å². The molecule has 33 heavy (non-hydrogen) atoms. The molecule has 0 unspecified atom stereocenters. The Morgan fingerprint density at radius 2 is 1.91 bits per heavy atom. The third-order valence-electron chi connectivity index (χ3n) is 5.54. The van der Waals surface area contributed by atoms with E-state index >= 15 is 0 Å². The van der Waals surface area contributed by atoms with Gasteiger partial charge in [-0.15, -0.1) is 12.4 Å². The van der Waals surface area contributed by atoms with Crippen molar-refractivity contribution in [2.45, 2.75) is 6.92 Å². The molecule has 7 nitrogen and oxygen atoms in total. The Bertz CT molecular complexity index is 1290. The Morgan fingerprint density at radius 3 is 2.61 bits per heavy atom. The maximum absolute atomic E-state index is 11.9. The Morgan fingerprint density at radius 1 is 1.12 bits per heavy atom. The molecule has 2 saturated heterocycles. The van der Waals surface area contributed by atoms with E-state index in [1.807, 2.05) is 25.1 Å². The van der Waals surface area contributed by atoms with Crippen molar-refractivity contribution in [3.05, 3.63) is 57.7 Å². The highest BCUT2D eigenvalue weighted by Crippen LogP contribution is 2.35. The minimum atomic E-state index is -0.402. The summed E-state index contributed by atoms with van der Waals surface area (Å²) < 4.78 is 0. The average Bonchev–Trinajstić information content (AvgIpc) is 3.10. The summed E-state index contributed by atoms with van der Waals surface area (Å²) in [6.45, 7) is 5.68.